The first kappa shape index (κ1) is 11.8. The molecule has 0 saturated carbocycles. The molecule has 0 unspecified atom stereocenters. The third kappa shape index (κ3) is 2.70. The van der Waals surface area contributed by atoms with Gasteiger partial charge in [0.25, 0.3) is 0 Å². The Kier molecular flexibility index (Phi) is 3.23. The van der Waals surface area contributed by atoms with Crippen LogP contribution in [0.25, 0.3) is 0 Å². The van der Waals surface area contributed by atoms with Crippen LogP contribution in [0.1, 0.15) is 22.3 Å². The van der Waals surface area contributed by atoms with Crippen LogP contribution in [-0.4, -0.2) is 0 Å². The molecule has 0 bridgehead atoms. The predicted molar refractivity (Wildman–Crippen MR) is 65.1 cm³/mol. The van der Waals surface area contributed by atoms with Gasteiger partial charge in [0.05, 0.1) is 0 Å². The largest absolute Gasteiger partial charge is 0.207 e. The Bertz CT molecular complexity index is 504. The molecular formula is C15H14F2. The summed E-state index contributed by atoms with van der Waals surface area (Å²) >= 11 is 0. The molecule has 2 aromatic carbocycles. The molecular weight excluding hydrogens is 218 g/mol. The van der Waals surface area contributed by atoms with Crippen molar-refractivity contribution >= 4 is 0 Å². The van der Waals surface area contributed by atoms with Crippen LogP contribution in [0, 0.1) is 25.5 Å². The van der Waals surface area contributed by atoms with Crippen LogP contribution >= 0.6 is 0 Å². The van der Waals surface area contributed by atoms with Gasteiger partial charge >= 0.3 is 0 Å². The van der Waals surface area contributed by atoms with Gasteiger partial charge in [0.2, 0.25) is 0 Å². The number of hydrogen-bond acceptors (Lipinski definition) is 0. The molecule has 2 aromatic rings. The highest BCUT2D eigenvalue weighted by atomic mass is 19.1. The van der Waals surface area contributed by atoms with E-state index in [4.69, 9.17) is 0 Å². The molecule has 0 nitrogen and oxygen atoms in total. The molecule has 0 aromatic heterocycles. The van der Waals surface area contributed by atoms with Gasteiger partial charge in [-0.05, 0) is 31.5 Å². The Balaban J connectivity index is 2.38. The Morgan fingerprint density at radius 3 is 1.94 bits per heavy atom. The van der Waals surface area contributed by atoms with Crippen molar-refractivity contribution in [3.05, 3.63) is 70.3 Å². The van der Waals surface area contributed by atoms with Gasteiger partial charge in [-0.2, -0.15) is 0 Å². The summed E-state index contributed by atoms with van der Waals surface area (Å²) < 4.78 is 27.0. The summed E-state index contributed by atoms with van der Waals surface area (Å²) in [4.78, 5) is 0. The van der Waals surface area contributed by atoms with Crippen LogP contribution in [0.4, 0.5) is 8.78 Å². The molecule has 17 heavy (non-hydrogen) atoms. The summed E-state index contributed by atoms with van der Waals surface area (Å²) in [5.74, 6) is -0.965. The zero-order valence-corrected chi connectivity index (χ0v) is 9.93. The smallest absolute Gasteiger partial charge is 0.129 e. The third-order valence-electron chi connectivity index (χ3n) is 2.72. The summed E-state index contributed by atoms with van der Waals surface area (Å²) in [6.45, 7) is 3.96. The van der Waals surface area contributed by atoms with E-state index >= 15 is 0 Å². The summed E-state index contributed by atoms with van der Waals surface area (Å²) in [6.07, 6.45) is 0.293. The van der Waals surface area contributed by atoms with Gasteiger partial charge < -0.3 is 0 Å². The van der Waals surface area contributed by atoms with Crippen LogP contribution < -0.4 is 0 Å². The fourth-order valence-electron chi connectivity index (χ4n) is 2.08. The van der Waals surface area contributed by atoms with Gasteiger partial charge in [-0.1, -0.05) is 35.4 Å². The predicted octanol–water partition coefficient (Wildman–Crippen LogP) is 4.17. The van der Waals surface area contributed by atoms with Gasteiger partial charge in [0.1, 0.15) is 11.6 Å². The molecule has 0 fully saturated rings. The van der Waals surface area contributed by atoms with Crippen molar-refractivity contribution in [2.24, 2.45) is 0 Å². The van der Waals surface area contributed by atoms with Crippen LogP contribution in [0.15, 0.2) is 36.4 Å². The first-order valence-electron chi connectivity index (χ1n) is 5.56. The van der Waals surface area contributed by atoms with Crippen molar-refractivity contribution in [2.75, 3.05) is 0 Å². The summed E-state index contributed by atoms with van der Waals surface area (Å²) in [6, 6.07) is 9.93. The van der Waals surface area contributed by atoms with E-state index in [1.807, 2.05) is 32.0 Å². The lowest BCUT2D eigenvalue weighted by molar-refractivity contribution is 0.561. The van der Waals surface area contributed by atoms with Gasteiger partial charge in [0.15, 0.2) is 0 Å². The van der Waals surface area contributed by atoms with Crippen LogP contribution in [0.2, 0.25) is 0 Å². The second kappa shape index (κ2) is 4.66. The molecule has 88 valence electrons. The van der Waals surface area contributed by atoms with E-state index in [9.17, 15) is 8.78 Å². The Hall–Kier alpha value is -1.70. The summed E-state index contributed by atoms with van der Waals surface area (Å²) in [5.41, 5.74) is 3.29. The Morgan fingerprint density at radius 2 is 1.41 bits per heavy atom. The van der Waals surface area contributed by atoms with Gasteiger partial charge in [0, 0.05) is 12.0 Å². The lowest BCUT2D eigenvalue weighted by Gasteiger charge is -2.07. The van der Waals surface area contributed by atoms with Gasteiger partial charge in [-0.15, -0.1) is 0 Å². The standard InChI is InChI=1S/C15H14F2/c1-10-6-11(2)8-12(7-10)9-13-14(16)4-3-5-15(13)17/h3-8H,9H2,1-2H3. The number of benzene rings is 2. The normalized spacial score (nSPS) is 10.6. The number of aryl methyl sites for hydroxylation is 2. The summed E-state index contributed by atoms with van der Waals surface area (Å²) in [7, 11) is 0. The van der Waals surface area contributed by atoms with E-state index in [1.54, 1.807) is 0 Å². The maximum Gasteiger partial charge on any atom is 0.129 e. The molecule has 0 aliphatic rings. The second-order valence-corrected chi connectivity index (χ2v) is 4.37. The van der Waals surface area contributed by atoms with E-state index in [1.165, 1.54) is 18.2 Å². The van der Waals surface area contributed by atoms with Crippen LogP contribution in [0.3, 0.4) is 0 Å². The van der Waals surface area contributed by atoms with Gasteiger partial charge in [-0.25, -0.2) is 8.78 Å². The summed E-state index contributed by atoms with van der Waals surface area (Å²) in [5, 5.41) is 0. The average Bonchev–Trinajstić information content (AvgIpc) is 2.22. The Labute approximate surface area is 99.9 Å². The van der Waals surface area contributed by atoms with Crippen LogP contribution in [-0.2, 0) is 6.42 Å². The van der Waals surface area contributed by atoms with Crippen molar-refractivity contribution in [1.82, 2.24) is 0 Å². The van der Waals surface area contributed by atoms with Crippen molar-refractivity contribution in [3.63, 3.8) is 0 Å². The molecule has 0 radical (unpaired) electrons. The molecule has 0 aliphatic carbocycles. The fourth-order valence-corrected chi connectivity index (χ4v) is 2.08. The topological polar surface area (TPSA) is 0 Å². The van der Waals surface area contributed by atoms with Crippen molar-refractivity contribution < 1.29 is 8.78 Å². The van der Waals surface area contributed by atoms with Crippen molar-refractivity contribution in [2.45, 2.75) is 20.3 Å². The molecule has 0 aliphatic heterocycles. The maximum atomic E-state index is 13.5. The highest BCUT2D eigenvalue weighted by Crippen LogP contribution is 2.18. The van der Waals surface area contributed by atoms with Gasteiger partial charge in [-0.3, -0.25) is 0 Å². The first-order valence-corrected chi connectivity index (χ1v) is 5.56. The van der Waals surface area contributed by atoms with E-state index in [2.05, 4.69) is 0 Å². The molecule has 0 amide bonds. The van der Waals surface area contributed by atoms with E-state index in [0.717, 1.165) is 16.7 Å². The number of rotatable bonds is 2. The molecule has 2 heteroatoms. The zero-order valence-electron chi connectivity index (χ0n) is 9.93. The minimum atomic E-state index is -0.482. The lowest BCUT2D eigenvalue weighted by atomic mass is 10.00. The quantitative estimate of drug-likeness (QED) is 0.729. The highest BCUT2D eigenvalue weighted by Gasteiger charge is 2.09. The first-order chi connectivity index (χ1) is 8.06. The van der Waals surface area contributed by atoms with Crippen LogP contribution in [0.5, 0.6) is 0 Å². The van der Waals surface area contributed by atoms with E-state index in [-0.39, 0.29) is 5.56 Å². The van der Waals surface area contributed by atoms with E-state index < -0.39 is 11.6 Å². The highest BCUT2D eigenvalue weighted by molar-refractivity contribution is 5.33. The lowest BCUT2D eigenvalue weighted by Crippen LogP contribution is -1.97. The van der Waals surface area contributed by atoms with E-state index in [0.29, 0.717) is 6.42 Å². The number of hydrogen-bond donors (Lipinski definition) is 0. The Morgan fingerprint density at radius 1 is 0.882 bits per heavy atom. The zero-order chi connectivity index (χ0) is 12.4. The fraction of sp³-hybridized carbons (Fsp3) is 0.200. The number of halogens is 2. The molecule has 0 saturated heterocycles. The monoisotopic (exact) mass is 232 g/mol. The third-order valence-corrected chi connectivity index (χ3v) is 2.72. The molecule has 0 N–H and O–H groups in total. The second-order valence-electron chi connectivity index (χ2n) is 4.37. The minimum Gasteiger partial charge on any atom is -0.207 e. The van der Waals surface area contributed by atoms with Crippen molar-refractivity contribution in [1.29, 1.82) is 0 Å². The maximum absolute atomic E-state index is 13.5. The average molecular weight is 232 g/mol. The molecule has 2 rings (SSSR count). The molecule has 0 atom stereocenters. The minimum absolute atomic E-state index is 0.137. The molecule has 0 heterocycles. The molecule has 0 spiro atoms. The van der Waals surface area contributed by atoms with Crippen molar-refractivity contribution in [3.8, 4) is 0 Å². The SMILES string of the molecule is Cc1cc(C)cc(Cc2c(F)cccc2F)c1.